The van der Waals surface area contributed by atoms with Gasteiger partial charge in [0.05, 0.1) is 6.10 Å². The van der Waals surface area contributed by atoms with Crippen LogP contribution in [0.25, 0.3) is 0 Å². The Morgan fingerprint density at radius 2 is 1.81 bits per heavy atom. The van der Waals surface area contributed by atoms with Crippen LogP contribution in [0, 0.1) is 0 Å². The topological polar surface area (TPSA) is 81.9 Å². The van der Waals surface area contributed by atoms with Crippen molar-refractivity contribution in [2.45, 2.75) is 68.4 Å². The largest absolute Gasteiger partial charge is 0.389 e. The van der Waals surface area contributed by atoms with Gasteiger partial charge in [-0.15, -0.1) is 0 Å². The van der Waals surface area contributed by atoms with E-state index in [9.17, 15) is 22.2 Å². The molecule has 1 unspecified atom stereocenters. The minimum atomic E-state index is -4.09. The third kappa shape index (κ3) is 6.69. The van der Waals surface area contributed by atoms with Gasteiger partial charge < -0.3 is 15.2 Å². The summed E-state index contributed by atoms with van der Waals surface area (Å²) in [6.45, 7) is 2.28. The zero-order valence-electron chi connectivity index (χ0n) is 15.5. The fourth-order valence-electron chi connectivity index (χ4n) is 3.47. The summed E-state index contributed by atoms with van der Waals surface area (Å²) in [7, 11) is -1.50. The van der Waals surface area contributed by atoms with Crippen LogP contribution in [0.1, 0.15) is 51.4 Å². The van der Waals surface area contributed by atoms with E-state index in [1.54, 1.807) is 4.31 Å². The number of nitrogens with two attached hydrogens (primary N) is 1. The van der Waals surface area contributed by atoms with Crippen molar-refractivity contribution in [3.63, 3.8) is 0 Å². The molecule has 0 aromatic rings. The Kier molecular flexibility index (Phi) is 8.51. The van der Waals surface area contributed by atoms with E-state index in [-0.39, 0.29) is 12.5 Å². The number of amides is 1. The van der Waals surface area contributed by atoms with Gasteiger partial charge in [-0.2, -0.15) is 13.2 Å². The van der Waals surface area contributed by atoms with Crippen LogP contribution >= 0.6 is 0 Å². The summed E-state index contributed by atoms with van der Waals surface area (Å²) in [5.74, 6) is -0.540. The van der Waals surface area contributed by atoms with E-state index in [1.165, 1.54) is 0 Å². The number of halogens is 3. The van der Waals surface area contributed by atoms with Crippen LogP contribution < -0.4 is 5.73 Å². The van der Waals surface area contributed by atoms with Gasteiger partial charge in [0.2, 0.25) is 5.91 Å². The number of unbranched alkanes of at least 4 members (excludes halogenated alkanes) is 2. The highest BCUT2D eigenvalue weighted by Crippen LogP contribution is 2.31. The lowest BCUT2D eigenvalue weighted by Gasteiger charge is -2.39. The molecule has 6 nitrogen and oxygen atoms in total. The molecule has 0 spiro atoms. The summed E-state index contributed by atoms with van der Waals surface area (Å²) in [4.78, 5) is 12.0. The highest BCUT2D eigenvalue weighted by molar-refractivity contribution is 7.85. The molecule has 2 N–H and O–H groups in total. The molecule has 0 bridgehead atoms. The van der Waals surface area contributed by atoms with E-state index >= 15 is 0 Å². The molecular formula is C17H29F3N2O4S. The lowest BCUT2D eigenvalue weighted by molar-refractivity contribution is -0.135. The first kappa shape index (κ1) is 22.6. The van der Waals surface area contributed by atoms with E-state index < -0.39 is 34.2 Å². The molecule has 0 aliphatic carbocycles. The Morgan fingerprint density at radius 1 is 1.19 bits per heavy atom. The smallest absolute Gasteiger partial charge is 0.381 e. The van der Waals surface area contributed by atoms with E-state index in [2.05, 4.69) is 0 Å². The minimum Gasteiger partial charge on any atom is -0.381 e. The molecule has 158 valence electrons. The Labute approximate surface area is 160 Å². The van der Waals surface area contributed by atoms with Gasteiger partial charge in [-0.25, -0.2) is 8.51 Å². The standard InChI is InChI=1S/C17H29F3N2O4S/c18-17(19,20)6-2-1-3-11-26-14-4-9-22(10-5-14)27(24)16(15(21)23)7-12-25-13-8-16/h14H,1-13H2,(H2,21,23). The molecule has 2 aliphatic heterocycles. The normalized spacial score (nSPS) is 23.2. The van der Waals surface area contributed by atoms with E-state index in [0.29, 0.717) is 71.4 Å². The van der Waals surface area contributed by atoms with Crippen LogP contribution in [0.5, 0.6) is 0 Å². The maximum absolute atomic E-state index is 13.0. The number of primary amides is 1. The molecule has 2 rings (SSSR count). The van der Waals surface area contributed by atoms with Crippen molar-refractivity contribution < 1.29 is 31.6 Å². The zero-order valence-corrected chi connectivity index (χ0v) is 16.3. The molecule has 0 aromatic heterocycles. The van der Waals surface area contributed by atoms with Gasteiger partial charge >= 0.3 is 6.18 Å². The van der Waals surface area contributed by atoms with Crippen LogP contribution in [0.2, 0.25) is 0 Å². The highest BCUT2D eigenvalue weighted by Gasteiger charge is 2.47. The second-order valence-corrected chi connectivity index (χ2v) is 8.94. The molecule has 2 fully saturated rings. The summed E-state index contributed by atoms with van der Waals surface area (Å²) in [5.41, 5.74) is 5.56. The summed E-state index contributed by atoms with van der Waals surface area (Å²) < 4.78 is 61.0. The average Bonchev–Trinajstić information content (AvgIpc) is 2.64. The van der Waals surface area contributed by atoms with Gasteiger partial charge in [0.15, 0.2) is 0 Å². The van der Waals surface area contributed by atoms with Crippen molar-refractivity contribution >= 4 is 16.9 Å². The third-order valence-electron chi connectivity index (χ3n) is 5.18. The van der Waals surface area contributed by atoms with Gasteiger partial charge in [-0.3, -0.25) is 4.79 Å². The van der Waals surface area contributed by atoms with Gasteiger partial charge in [0.1, 0.15) is 15.7 Å². The SMILES string of the molecule is NC(=O)C1(S(=O)N2CCC(OCCCCCC(F)(F)F)CC2)CCOCC1. The molecule has 0 aromatic carbocycles. The van der Waals surface area contributed by atoms with Crippen LogP contribution in [-0.4, -0.2) is 64.4 Å². The number of nitrogens with zero attached hydrogens (tertiary/aromatic N) is 1. The van der Waals surface area contributed by atoms with Crippen LogP contribution in [0.15, 0.2) is 0 Å². The van der Waals surface area contributed by atoms with Crippen LogP contribution in [0.4, 0.5) is 13.2 Å². The van der Waals surface area contributed by atoms with Crippen molar-refractivity contribution in [2.75, 3.05) is 32.9 Å². The van der Waals surface area contributed by atoms with Crippen molar-refractivity contribution in [1.29, 1.82) is 0 Å². The second-order valence-electron chi connectivity index (χ2n) is 7.15. The second kappa shape index (κ2) is 10.2. The maximum atomic E-state index is 13.0. The highest BCUT2D eigenvalue weighted by atomic mass is 32.2. The Bertz CT molecular complexity index is 505. The molecule has 0 saturated carbocycles. The molecular weight excluding hydrogens is 385 g/mol. The van der Waals surface area contributed by atoms with Gasteiger partial charge in [0.25, 0.3) is 0 Å². The summed E-state index contributed by atoms with van der Waals surface area (Å²) in [6, 6.07) is 0. The van der Waals surface area contributed by atoms with E-state index in [1.807, 2.05) is 0 Å². The Hall–Kier alpha value is -0.710. The number of rotatable bonds is 9. The number of ether oxygens (including phenoxy) is 2. The Balaban J connectivity index is 1.69. The van der Waals surface area contributed by atoms with E-state index in [4.69, 9.17) is 15.2 Å². The first-order chi connectivity index (χ1) is 12.7. The van der Waals surface area contributed by atoms with Gasteiger partial charge in [0, 0.05) is 39.3 Å². The van der Waals surface area contributed by atoms with Crippen molar-refractivity contribution in [1.82, 2.24) is 4.31 Å². The lowest BCUT2D eigenvalue weighted by atomic mass is 9.98. The summed E-state index contributed by atoms with van der Waals surface area (Å²) in [5, 5.41) is 0. The third-order valence-corrected chi connectivity index (χ3v) is 7.29. The molecule has 10 heteroatoms. The van der Waals surface area contributed by atoms with Crippen LogP contribution in [0.3, 0.4) is 0 Å². The van der Waals surface area contributed by atoms with Crippen molar-refractivity contribution in [3.8, 4) is 0 Å². The minimum absolute atomic E-state index is 0.0140. The molecule has 0 radical (unpaired) electrons. The fourth-order valence-corrected chi connectivity index (χ4v) is 5.20. The number of alkyl halides is 3. The molecule has 2 aliphatic rings. The fraction of sp³-hybridized carbons (Fsp3) is 0.941. The number of hydrogen-bond donors (Lipinski definition) is 1. The average molecular weight is 414 g/mol. The molecule has 1 amide bonds. The molecule has 2 heterocycles. The first-order valence-corrected chi connectivity index (χ1v) is 10.6. The quantitative estimate of drug-likeness (QED) is 0.587. The number of hydrogen-bond acceptors (Lipinski definition) is 4. The lowest BCUT2D eigenvalue weighted by Crippen LogP contribution is -2.56. The zero-order chi connectivity index (χ0) is 19.9. The summed E-state index contributed by atoms with van der Waals surface area (Å²) >= 11 is 0. The predicted octanol–water partition coefficient (Wildman–Crippen LogP) is 2.29. The van der Waals surface area contributed by atoms with Crippen molar-refractivity contribution in [2.24, 2.45) is 5.73 Å². The first-order valence-electron chi connectivity index (χ1n) is 9.47. The van der Waals surface area contributed by atoms with Gasteiger partial charge in [-0.1, -0.05) is 6.42 Å². The predicted molar refractivity (Wildman–Crippen MR) is 95.2 cm³/mol. The van der Waals surface area contributed by atoms with E-state index in [0.717, 1.165) is 0 Å². The number of carbonyl (C=O) groups is 1. The van der Waals surface area contributed by atoms with Gasteiger partial charge in [-0.05, 0) is 38.5 Å². The summed E-state index contributed by atoms with van der Waals surface area (Å²) in [6.07, 6.45) is -1.51. The Morgan fingerprint density at radius 3 is 2.37 bits per heavy atom. The molecule has 27 heavy (non-hydrogen) atoms. The molecule has 1 atom stereocenters. The van der Waals surface area contributed by atoms with Crippen molar-refractivity contribution in [3.05, 3.63) is 0 Å². The number of carbonyl (C=O) groups excluding carboxylic acids is 1. The number of piperidine rings is 1. The maximum Gasteiger partial charge on any atom is 0.389 e. The monoisotopic (exact) mass is 414 g/mol. The molecule has 2 saturated heterocycles. The van der Waals surface area contributed by atoms with Crippen LogP contribution in [-0.2, 0) is 25.3 Å².